The average molecular weight is 299 g/mol. The summed E-state index contributed by atoms with van der Waals surface area (Å²) in [6.07, 6.45) is 1.63. The molecule has 0 spiro atoms. The summed E-state index contributed by atoms with van der Waals surface area (Å²) in [5.41, 5.74) is 1.17. The number of aromatic nitrogens is 1. The van der Waals surface area contributed by atoms with Gasteiger partial charge >= 0.3 is 0 Å². The van der Waals surface area contributed by atoms with Crippen molar-refractivity contribution in [2.45, 2.75) is 20.8 Å². The Morgan fingerprint density at radius 1 is 1.05 bits per heavy atom. The van der Waals surface area contributed by atoms with E-state index in [0.717, 1.165) is 11.4 Å². The van der Waals surface area contributed by atoms with Gasteiger partial charge in [-0.1, -0.05) is 20.8 Å². The third kappa shape index (κ3) is 4.22. The van der Waals surface area contributed by atoms with Crippen LogP contribution in [0.3, 0.4) is 0 Å². The molecular weight excluding hydrogens is 278 g/mol. The fraction of sp³-hybridized carbons (Fsp3) is 0.294. The molecule has 0 aliphatic carbocycles. The zero-order chi connectivity index (χ0) is 16.2. The molecule has 2 N–H and O–H groups in total. The Bertz CT molecular complexity index is 628. The predicted molar refractivity (Wildman–Crippen MR) is 88.6 cm³/mol. The summed E-state index contributed by atoms with van der Waals surface area (Å²) in [5, 5.41) is 6.03. The minimum atomic E-state index is -0.431. The summed E-state index contributed by atoms with van der Waals surface area (Å²) in [4.78, 5) is 16.2. The van der Waals surface area contributed by atoms with Crippen molar-refractivity contribution in [3.05, 3.63) is 42.6 Å². The van der Waals surface area contributed by atoms with Crippen LogP contribution < -0.4 is 15.4 Å². The Morgan fingerprint density at radius 2 is 1.68 bits per heavy atom. The first kappa shape index (κ1) is 15.8. The lowest BCUT2D eigenvalue weighted by Crippen LogP contribution is -2.27. The highest BCUT2D eigenvalue weighted by Crippen LogP contribution is 2.21. The van der Waals surface area contributed by atoms with E-state index in [4.69, 9.17) is 4.74 Å². The van der Waals surface area contributed by atoms with Crippen LogP contribution in [0.4, 0.5) is 17.2 Å². The molecule has 5 heteroatoms. The highest BCUT2D eigenvalue weighted by atomic mass is 16.5. The quantitative estimate of drug-likeness (QED) is 0.901. The molecule has 0 unspecified atom stereocenters. The first-order chi connectivity index (χ1) is 10.4. The molecule has 0 aliphatic rings. The molecule has 0 radical (unpaired) electrons. The molecule has 0 saturated carbocycles. The van der Waals surface area contributed by atoms with Crippen LogP contribution in [0.2, 0.25) is 0 Å². The number of pyridine rings is 1. The average Bonchev–Trinajstić information content (AvgIpc) is 2.49. The Balaban J connectivity index is 2.01. The largest absolute Gasteiger partial charge is 0.497 e. The van der Waals surface area contributed by atoms with E-state index in [9.17, 15) is 4.79 Å². The number of hydrogen-bond acceptors (Lipinski definition) is 4. The highest BCUT2D eigenvalue weighted by Gasteiger charge is 2.21. The van der Waals surface area contributed by atoms with Crippen LogP contribution in [0, 0.1) is 5.41 Å². The molecule has 2 aromatic rings. The van der Waals surface area contributed by atoms with E-state index in [1.807, 2.05) is 57.2 Å². The van der Waals surface area contributed by atoms with Crippen molar-refractivity contribution in [1.82, 2.24) is 4.98 Å². The van der Waals surface area contributed by atoms with Gasteiger partial charge in [0.25, 0.3) is 0 Å². The van der Waals surface area contributed by atoms with Crippen molar-refractivity contribution in [2.24, 2.45) is 5.41 Å². The standard InChI is InChI=1S/C17H21N3O2/c1-17(2,3)16(21)20-13-7-10-15(18-11-13)19-12-5-8-14(22-4)9-6-12/h5-11H,1-4H3,(H,18,19)(H,20,21). The van der Waals surface area contributed by atoms with Crippen molar-refractivity contribution >= 4 is 23.1 Å². The van der Waals surface area contributed by atoms with Gasteiger partial charge in [0.2, 0.25) is 5.91 Å². The second-order valence-electron chi connectivity index (χ2n) is 5.99. The molecule has 1 heterocycles. The Morgan fingerprint density at radius 3 is 2.18 bits per heavy atom. The molecular formula is C17H21N3O2. The van der Waals surface area contributed by atoms with E-state index in [2.05, 4.69) is 15.6 Å². The minimum Gasteiger partial charge on any atom is -0.497 e. The van der Waals surface area contributed by atoms with Crippen LogP contribution in [-0.4, -0.2) is 18.0 Å². The van der Waals surface area contributed by atoms with Gasteiger partial charge in [-0.05, 0) is 36.4 Å². The van der Waals surface area contributed by atoms with Gasteiger partial charge in [0.05, 0.1) is 19.0 Å². The van der Waals surface area contributed by atoms with Gasteiger partial charge in [0, 0.05) is 11.1 Å². The van der Waals surface area contributed by atoms with Crippen LogP contribution >= 0.6 is 0 Å². The second kappa shape index (κ2) is 6.47. The zero-order valence-electron chi connectivity index (χ0n) is 13.3. The minimum absolute atomic E-state index is 0.0369. The number of rotatable bonds is 4. The van der Waals surface area contributed by atoms with Crippen LogP contribution in [0.5, 0.6) is 5.75 Å². The van der Waals surface area contributed by atoms with E-state index in [0.29, 0.717) is 11.5 Å². The normalized spacial score (nSPS) is 10.9. The molecule has 116 valence electrons. The van der Waals surface area contributed by atoms with Gasteiger partial charge in [0.15, 0.2) is 0 Å². The van der Waals surface area contributed by atoms with E-state index in [1.165, 1.54) is 0 Å². The fourth-order valence-electron chi connectivity index (χ4n) is 1.68. The maximum atomic E-state index is 11.9. The Kier molecular flexibility index (Phi) is 4.65. The monoisotopic (exact) mass is 299 g/mol. The van der Waals surface area contributed by atoms with E-state index in [1.54, 1.807) is 13.3 Å². The van der Waals surface area contributed by atoms with E-state index < -0.39 is 5.41 Å². The maximum absolute atomic E-state index is 11.9. The van der Waals surface area contributed by atoms with Crippen molar-refractivity contribution < 1.29 is 9.53 Å². The molecule has 1 aromatic carbocycles. The second-order valence-corrected chi connectivity index (χ2v) is 5.99. The lowest BCUT2D eigenvalue weighted by molar-refractivity contribution is -0.123. The number of methoxy groups -OCH3 is 1. The van der Waals surface area contributed by atoms with Crippen molar-refractivity contribution in [1.29, 1.82) is 0 Å². The number of hydrogen-bond donors (Lipinski definition) is 2. The number of amides is 1. The van der Waals surface area contributed by atoms with Crippen LogP contribution in [0.1, 0.15) is 20.8 Å². The van der Waals surface area contributed by atoms with Gasteiger partial charge in [-0.15, -0.1) is 0 Å². The molecule has 0 bridgehead atoms. The lowest BCUT2D eigenvalue weighted by Gasteiger charge is -2.17. The molecule has 0 fully saturated rings. The Labute approximate surface area is 130 Å². The van der Waals surface area contributed by atoms with Crippen molar-refractivity contribution in [3.63, 3.8) is 0 Å². The third-order valence-corrected chi connectivity index (χ3v) is 3.06. The number of anilines is 3. The number of carbonyl (C=O) groups is 1. The topological polar surface area (TPSA) is 63.2 Å². The molecule has 0 aliphatic heterocycles. The van der Waals surface area contributed by atoms with Crippen molar-refractivity contribution in [3.8, 4) is 5.75 Å². The fourth-order valence-corrected chi connectivity index (χ4v) is 1.68. The summed E-state index contributed by atoms with van der Waals surface area (Å²) in [5.74, 6) is 1.47. The predicted octanol–water partition coefficient (Wildman–Crippen LogP) is 3.82. The molecule has 0 saturated heterocycles. The zero-order valence-corrected chi connectivity index (χ0v) is 13.3. The number of nitrogens with one attached hydrogen (secondary N) is 2. The first-order valence-electron chi connectivity index (χ1n) is 7.07. The maximum Gasteiger partial charge on any atom is 0.229 e. The molecule has 1 aromatic heterocycles. The molecule has 1 amide bonds. The molecule has 2 rings (SSSR count). The first-order valence-corrected chi connectivity index (χ1v) is 7.07. The van der Waals surface area contributed by atoms with Gasteiger partial charge in [0.1, 0.15) is 11.6 Å². The summed E-state index contributed by atoms with van der Waals surface area (Å²) in [6, 6.07) is 11.2. The number of ether oxygens (including phenoxy) is 1. The van der Waals surface area contributed by atoms with Gasteiger partial charge in [-0.3, -0.25) is 4.79 Å². The van der Waals surface area contributed by atoms with Gasteiger partial charge in [-0.2, -0.15) is 0 Å². The molecule has 0 atom stereocenters. The van der Waals surface area contributed by atoms with E-state index >= 15 is 0 Å². The lowest BCUT2D eigenvalue weighted by atomic mass is 9.96. The number of nitrogens with zero attached hydrogens (tertiary/aromatic N) is 1. The highest BCUT2D eigenvalue weighted by molar-refractivity contribution is 5.94. The number of carbonyl (C=O) groups excluding carboxylic acids is 1. The van der Waals surface area contributed by atoms with Crippen LogP contribution in [0.15, 0.2) is 42.6 Å². The van der Waals surface area contributed by atoms with Gasteiger partial charge < -0.3 is 15.4 Å². The summed E-state index contributed by atoms with van der Waals surface area (Å²) in [7, 11) is 1.63. The van der Waals surface area contributed by atoms with Crippen LogP contribution in [-0.2, 0) is 4.79 Å². The molecule has 22 heavy (non-hydrogen) atoms. The Hall–Kier alpha value is -2.56. The van der Waals surface area contributed by atoms with Crippen molar-refractivity contribution in [2.75, 3.05) is 17.7 Å². The number of benzene rings is 1. The van der Waals surface area contributed by atoms with Gasteiger partial charge in [-0.25, -0.2) is 4.98 Å². The third-order valence-electron chi connectivity index (χ3n) is 3.06. The summed E-state index contributed by atoms with van der Waals surface area (Å²) < 4.78 is 5.12. The molecule has 5 nitrogen and oxygen atoms in total. The SMILES string of the molecule is COc1ccc(Nc2ccc(NC(=O)C(C)(C)C)cn2)cc1. The smallest absolute Gasteiger partial charge is 0.229 e. The summed E-state index contributed by atoms with van der Waals surface area (Å²) in [6.45, 7) is 5.61. The van der Waals surface area contributed by atoms with Crippen LogP contribution in [0.25, 0.3) is 0 Å². The van der Waals surface area contributed by atoms with E-state index in [-0.39, 0.29) is 5.91 Å². The summed E-state index contributed by atoms with van der Waals surface area (Å²) >= 11 is 0.